The first-order valence-electron chi connectivity index (χ1n) is 10.3. The fourth-order valence-corrected chi connectivity index (χ4v) is 5.24. The minimum Gasteiger partial charge on any atom is -0.480 e. The second-order valence-electron chi connectivity index (χ2n) is 8.19. The van der Waals surface area contributed by atoms with Gasteiger partial charge >= 0.3 is 17.9 Å². The number of hydrogen-bond acceptors (Lipinski definition) is 7. The molecule has 1 heterocycles. The van der Waals surface area contributed by atoms with Crippen LogP contribution >= 0.6 is 0 Å². The highest BCUT2D eigenvalue weighted by Gasteiger charge is 2.48. The molecule has 1 aliphatic carbocycles. The summed E-state index contributed by atoms with van der Waals surface area (Å²) in [4.78, 5) is 40.4. The third-order valence-electron chi connectivity index (χ3n) is 6.29. The van der Waals surface area contributed by atoms with E-state index >= 15 is 0 Å². The molecule has 0 aromatic heterocycles. The number of rotatable bonds is 10. The van der Waals surface area contributed by atoms with Crippen molar-refractivity contribution in [1.82, 2.24) is 14.7 Å². The number of carboxylic acid groups (broad SMARTS) is 3. The van der Waals surface area contributed by atoms with E-state index in [4.69, 9.17) is 5.73 Å². The summed E-state index contributed by atoms with van der Waals surface area (Å²) < 4.78 is 0. The van der Waals surface area contributed by atoms with Gasteiger partial charge in [-0.05, 0) is 32.4 Å². The van der Waals surface area contributed by atoms with Crippen LogP contribution in [-0.4, -0.2) is 111 Å². The molecular weight excluding hydrogens is 380 g/mol. The maximum Gasteiger partial charge on any atom is 0.317 e. The Bertz CT molecular complexity index is 567. The Morgan fingerprint density at radius 1 is 0.966 bits per heavy atom. The van der Waals surface area contributed by atoms with Crippen molar-refractivity contribution >= 4 is 17.9 Å². The third kappa shape index (κ3) is 5.88. The second kappa shape index (κ2) is 10.3. The number of carboxylic acids is 3. The lowest BCUT2D eigenvalue weighted by atomic mass is 9.88. The van der Waals surface area contributed by atoms with E-state index < -0.39 is 23.4 Å². The standard InChI is InChI=1S/C19H34N4O6/c1-2-23(11-18(28)29)19(7-8-20)12-21(9-16(24)25)14-5-3-4-6-15(14)22(13-19)10-17(26)27/h14-15H,2-13,20H2,1H3,(H,24,25)(H,26,27)(H,28,29)/t14-,15-/m0/s1. The molecule has 0 radical (unpaired) electrons. The summed E-state index contributed by atoms with van der Waals surface area (Å²) in [7, 11) is 0. The van der Waals surface area contributed by atoms with Gasteiger partial charge in [-0.2, -0.15) is 0 Å². The predicted octanol–water partition coefficient (Wildman–Crippen LogP) is -0.421. The molecule has 0 unspecified atom stereocenters. The molecule has 2 aliphatic rings. The summed E-state index contributed by atoms with van der Waals surface area (Å²) in [6.45, 7) is 2.81. The summed E-state index contributed by atoms with van der Waals surface area (Å²) in [5, 5.41) is 28.5. The summed E-state index contributed by atoms with van der Waals surface area (Å²) in [5.74, 6) is -2.85. The Labute approximate surface area is 171 Å². The smallest absolute Gasteiger partial charge is 0.317 e. The molecule has 29 heavy (non-hydrogen) atoms. The summed E-state index contributed by atoms with van der Waals surface area (Å²) >= 11 is 0. The number of carbonyl (C=O) groups is 3. The first-order valence-corrected chi connectivity index (χ1v) is 10.3. The van der Waals surface area contributed by atoms with Gasteiger partial charge < -0.3 is 21.1 Å². The van der Waals surface area contributed by atoms with Crippen LogP contribution in [0.1, 0.15) is 39.0 Å². The maximum atomic E-state index is 11.6. The van der Waals surface area contributed by atoms with Gasteiger partial charge in [0.15, 0.2) is 0 Å². The van der Waals surface area contributed by atoms with Crippen LogP contribution in [0.2, 0.25) is 0 Å². The van der Waals surface area contributed by atoms with Crippen LogP contribution < -0.4 is 5.73 Å². The lowest BCUT2D eigenvalue weighted by molar-refractivity contribution is -0.143. The van der Waals surface area contributed by atoms with E-state index in [-0.39, 0.29) is 31.7 Å². The van der Waals surface area contributed by atoms with E-state index in [2.05, 4.69) is 0 Å². The third-order valence-corrected chi connectivity index (χ3v) is 6.29. The molecular formula is C19H34N4O6. The molecule has 10 nitrogen and oxygen atoms in total. The van der Waals surface area contributed by atoms with Gasteiger partial charge in [-0.1, -0.05) is 19.8 Å². The van der Waals surface area contributed by atoms with Crippen LogP contribution in [0.15, 0.2) is 0 Å². The van der Waals surface area contributed by atoms with E-state index in [1.54, 1.807) is 0 Å². The average Bonchev–Trinajstić information content (AvgIpc) is 2.75. The van der Waals surface area contributed by atoms with E-state index in [0.717, 1.165) is 25.7 Å². The Morgan fingerprint density at radius 3 is 1.79 bits per heavy atom. The highest BCUT2D eigenvalue weighted by Crippen LogP contribution is 2.35. The van der Waals surface area contributed by atoms with Crippen LogP contribution in [-0.2, 0) is 14.4 Å². The van der Waals surface area contributed by atoms with Crippen molar-refractivity contribution in [2.75, 3.05) is 45.8 Å². The van der Waals surface area contributed by atoms with Crippen molar-refractivity contribution in [3.05, 3.63) is 0 Å². The van der Waals surface area contributed by atoms with Crippen molar-refractivity contribution in [3.63, 3.8) is 0 Å². The lowest BCUT2D eigenvalue weighted by Gasteiger charge is -2.46. The Balaban J connectivity index is 2.52. The zero-order valence-electron chi connectivity index (χ0n) is 17.1. The van der Waals surface area contributed by atoms with Gasteiger partial charge in [-0.25, -0.2) is 0 Å². The lowest BCUT2D eigenvalue weighted by Crippen LogP contribution is -2.62. The maximum absolute atomic E-state index is 11.6. The molecule has 166 valence electrons. The van der Waals surface area contributed by atoms with Crippen LogP contribution in [0, 0.1) is 0 Å². The first kappa shape index (κ1) is 23.5. The quantitative estimate of drug-likeness (QED) is 0.371. The van der Waals surface area contributed by atoms with Crippen molar-refractivity contribution in [2.24, 2.45) is 5.73 Å². The second-order valence-corrected chi connectivity index (χ2v) is 8.19. The highest BCUT2D eigenvalue weighted by atomic mass is 16.4. The number of fused-ring (bicyclic) bond motifs is 1. The topological polar surface area (TPSA) is 148 Å². The SMILES string of the molecule is CCN(CC(=O)O)C1(CCN)CN(CC(=O)O)[C@H]2CCCC[C@@H]2N(CC(=O)O)C1. The van der Waals surface area contributed by atoms with Crippen LogP contribution in [0.5, 0.6) is 0 Å². The molecule has 1 saturated carbocycles. The summed E-state index contributed by atoms with van der Waals surface area (Å²) in [5.41, 5.74) is 5.18. The molecule has 1 aliphatic heterocycles. The van der Waals surface area contributed by atoms with E-state index in [9.17, 15) is 29.7 Å². The normalized spacial score (nSPS) is 25.3. The monoisotopic (exact) mass is 414 g/mol. The number of likely N-dealkylation sites (N-methyl/N-ethyl adjacent to an activating group) is 1. The van der Waals surface area contributed by atoms with E-state index in [1.165, 1.54) is 0 Å². The molecule has 0 bridgehead atoms. The van der Waals surface area contributed by atoms with Gasteiger partial charge in [0.25, 0.3) is 0 Å². The molecule has 10 heteroatoms. The van der Waals surface area contributed by atoms with Crippen molar-refractivity contribution in [1.29, 1.82) is 0 Å². The number of nitrogens with zero attached hydrogens (tertiary/aromatic N) is 3. The van der Waals surface area contributed by atoms with Crippen LogP contribution in [0.4, 0.5) is 0 Å². The molecule has 5 N–H and O–H groups in total. The number of nitrogens with two attached hydrogens (primary N) is 1. The van der Waals surface area contributed by atoms with Crippen molar-refractivity contribution in [3.8, 4) is 0 Å². The summed E-state index contributed by atoms with van der Waals surface area (Å²) in [6, 6.07) is -0.134. The Morgan fingerprint density at radius 2 is 1.45 bits per heavy atom. The predicted molar refractivity (Wildman–Crippen MR) is 106 cm³/mol. The molecule has 0 aromatic carbocycles. The minimum absolute atomic E-state index is 0.0672. The minimum atomic E-state index is -0.973. The van der Waals surface area contributed by atoms with Crippen LogP contribution in [0.25, 0.3) is 0 Å². The van der Waals surface area contributed by atoms with E-state index in [1.807, 2.05) is 21.6 Å². The zero-order chi connectivity index (χ0) is 21.6. The molecule has 2 atom stereocenters. The van der Waals surface area contributed by atoms with Crippen molar-refractivity contribution in [2.45, 2.75) is 56.7 Å². The molecule has 0 amide bonds. The molecule has 1 saturated heterocycles. The zero-order valence-corrected chi connectivity index (χ0v) is 17.1. The molecule has 0 spiro atoms. The molecule has 2 rings (SSSR count). The average molecular weight is 415 g/mol. The van der Waals surface area contributed by atoms with E-state index in [0.29, 0.717) is 32.6 Å². The fourth-order valence-electron chi connectivity index (χ4n) is 5.24. The van der Waals surface area contributed by atoms with Gasteiger partial charge in [-0.3, -0.25) is 29.1 Å². The van der Waals surface area contributed by atoms with Gasteiger partial charge in [0.2, 0.25) is 0 Å². The number of aliphatic carboxylic acids is 3. The van der Waals surface area contributed by atoms with Gasteiger partial charge in [0.05, 0.1) is 19.6 Å². The molecule has 0 aromatic rings. The first-order chi connectivity index (χ1) is 13.7. The Kier molecular flexibility index (Phi) is 8.38. The van der Waals surface area contributed by atoms with Gasteiger partial charge in [0, 0.05) is 30.7 Å². The molecule has 2 fully saturated rings. The fraction of sp³-hybridized carbons (Fsp3) is 0.842. The summed E-state index contributed by atoms with van der Waals surface area (Å²) in [6.07, 6.45) is 4.00. The van der Waals surface area contributed by atoms with Gasteiger partial charge in [-0.15, -0.1) is 0 Å². The number of hydrogen-bond donors (Lipinski definition) is 4. The Hall–Kier alpha value is -1.75. The largest absolute Gasteiger partial charge is 0.480 e. The highest BCUT2D eigenvalue weighted by molar-refractivity contribution is 5.70. The van der Waals surface area contributed by atoms with Gasteiger partial charge in [0.1, 0.15) is 0 Å². The van der Waals surface area contributed by atoms with Crippen molar-refractivity contribution < 1.29 is 29.7 Å². The van der Waals surface area contributed by atoms with Crippen LogP contribution in [0.3, 0.4) is 0 Å².